The second-order valence-corrected chi connectivity index (χ2v) is 14.4. The molecule has 1 heteroatoms. The molecular formula is C54H34O. The minimum atomic E-state index is 0.907. The smallest absolute Gasteiger partial charge is 0.135 e. The van der Waals surface area contributed by atoms with Crippen molar-refractivity contribution in [3.05, 3.63) is 206 Å². The standard InChI is InChI=1S/C54H34O/c1-3-13-35(14-4-1)39-26-29-47-49(33-39)53(42-20-11-19-38(31-42)41-27-30-52-48(32-41)44-22-9-10-24-51(44)55-52)46-28-25-40(36-15-5-2-6-16-36)34-50(46)54(47)45-23-12-18-37-17-7-8-21-43(37)45/h1-34H. The van der Waals surface area contributed by atoms with Gasteiger partial charge in [-0.3, -0.25) is 0 Å². The maximum absolute atomic E-state index is 6.20. The van der Waals surface area contributed by atoms with E-state index in [0.29, 0.717) is 0 Å². The summed E-state index contributed by atoms with van der Waals surface area (Å²) in [6.07, 6.45) is 0. The molecule has 1 nitrogen and oxygen atoms in total. The molecule has 11 rings (SSSR count). The maximum atomic E-state index is 6.20. The van der Waals surface area contributed by atoms with Gasteiger partial charge in [0.2, 0.25) is 0 Å². The van der Waals surface area contributed by atoms with Gasteiger partial charge in [0, 0.05) is 10.8 Å². The van der Waals surface area contributed by atoms with Crippen LogP contribution in [0.15, 0.2) is 211 Å². The zero-order valence-corrected chi connectivity index (χ0v) is 30.0. The number of rotatable bonds is 5. The fourth-order valence-corrected chi connectivity index (χ4v) is 8.65. The van der Waals surface area contributed by atoms with Gasteiger partial charge in [-0.25, -0.2) is 0 Å². The Balaban J connectivity index is 1.23. The molecule has 0 saturated carbocycles. The molecule has 0 aliphatic heterocycles. The summed E-state index contributed by atoms with van der Waals surface area (Å²) in [7, 11) is 0. The van der Waals surface area contributed by atoms with E-state index >= 15 is 0 Å². The van der Waals surface area contributed by atoms with Crippen LogP contribution in [0.3, 0.4) is 0 Å². The van der Waals surface area contributed by atoms with Crippen molar-refractivity contribution in [1.82, 2.24) is 0 Å². The van der Waals surface area contributed by atoms with E-state index in [9.17, 15) is 0 Å². The van der Waals surface area contributed by atoms with Crippen LogP contribution in [0.1, 0.15) is 0 Å². The van der Waals surface area contributed by atoms with Crippen molar-refractivity contribution in [2.45, 2.75) is 0 Å². The van der Waals surface area contributed by atoms with Gasteiger partial charge in [0.25, 0.3) is 0 Å². The second-order valence-electron chi connectivity index (χ2n) is 14.4. The fraction of sp³-hybridized carbons (Fsp3) is 0. The Labute approximate surface area is 319 Å². The Morgan fingerprint density at radius 2 is 0.727 bits per heavy atom. The number of hydrogen-bond donors (Lipinski definition) is 0. The van der Waals surface area contributed by atoms with Crippen molar-refractivity contribution >= 4 is 54.3 Å². The molecule has 0 fully saturated rings. The van der Waals surface area contributed by atoms with Gasteiger partial charge >= 0.3 is 0 Å². The molecule has 1 heterocycles. The lowest BCUT2D eigenvalue weighted by atomic mass is 9.82. The van der Waals surface area contributed by atoms with Crippen molar-refractivity contribution in [2.24, 2.45) is 0 Å². The van der Waals surface area contributed by atoms with Gasteiger partial charge < -0.3 is 4.42 Å². The van der Waals surface area contributed by atoms with Crippen LogP contribution >= 0.6 is 0 Å². The van der Waals surface area contributed by atoms with Gasteiger partial charge in [-0.1, -0.05) is 170 Å². The normalized spacial score (nSPS) is 11.6. The molecule has 0 atom stereocenters. The third kappa shape index (κ3) is 5.24. The Hall–Kier alpha value is -7.22. The lowest BCUT2D eigenvalue weighted by Gasteiger charge is -2.21. The van der Waals surface area contributed by atoms with Crippen LogP contribution in [-0.2, 0) is 0 Å². The van der Waals surface area contributed by atoms with Crippen LogP contribution in [0.2, 0.25) is 0 Å². The van der Waals surface area contributed by atoms with Crippen LogP contribution in [0.4, 0.5) is 0 Å². The van der Waals surface area contributed by atoms with E-state index in [-0.39, 0.29) is 0 Å². The third-order valence-corrected chi connectivity index (χ3v) is 11.3. The van der Waals surface area contributed by atoms with E-state index in [1.54, 1.807) is 0 Å². The molecule has 0 aliphatic carbocycles. The molecule has 0 bridgehead atoms. The SMILES string of the molecule is c1ccc(-c2ccc3c(-c4cccc5ccccc45)c4cc(-c5ccccc5)ccc4c(-c4cccc(-c5ccc6oc7ccccc7c6c5)c4)c3c2)cc1. The molecule has 0 saturated heterocycles. The molecule has 0 radical (unpaired) electrons. The highest BCUT2D eigenvalue weighted by molar-refractivity contribution is 6.24. The summed E-state index contributed by atoms with van der Waals surface area (Å²) in [4.78, 5) is 0. The van der Waals surface area contributed by atoms with Gasteiger partial charge in [0.1, 0.15) is 11.2 Å². The highest BCUT2D eigenvalue weighted by atomic mass is 16.3. The Morgan fingerprint density at radius 1 is 0.236 bits per heavy atom. The van der Waals surface area contributed by atoms with Crippen molar-refractivity contribution in [2.75, 3.05) is 0 Å². The molecule has 0 spiro atoms. The molecular weight excluding hydrogens is 665 g/mol. The third-order valence-electron chi connectivity index (χ3n) is 11.3. The van der Waals surface area contributed by atoms with E-state index < -0.39 is 0 Å². The van der Waals surface area contributed by atoms with E-state index in [1.165, 1.54) is 88.0 Å². The molecule has 10 aromatic carbocycles. The Bertz CT molecular complexity index is 3240. The Kier molecular flexibility index (Phi) is 7.25. The average molecular weight is 699 g/mol. The first kappa shape index (κ1) is 31.3. The Morgan fingerprint density at radius 3 is 1.49 bits per heavy atom. The van der Waals surface area contributed by atoms with Crippen molar-refractivity contribution in [3.8, 4) is 55.6 Å². The maximum Gasteiger partial charge on any atom is 0.135 e. The van der Waals surface area contributed by atoms with Crippen LogP contribution in [0.25, 0.3) is 110 Å². The summed E-state index contributed by atoms with van der Waals surface area (Å²) < 4.78 is 6.20. The molecule has 55 heavy (non-hydrogen) atoms. The highest BCUT2D eigenvalue weighted by Gasteiger charge is 2.20. The summed E-state index contributed by atoms with van der Waals surface area (Å²) in [6, 6.07) is 75.0. The molecule has 0 amide bonds. The molecule has 11 aromatic rings. The van der Waals surface area contributed by atoms with E-state index in [2.05, 4.69) is 194 Å². The molecule has 0 unspecified atom stereocenters. The number of hydrogen-bond acceptors (Lipinski definition) is 1. The summed E-state index contributed by atoms with van der Waals surface area (Å²) in [5, 5.41) is 9.70. The van der Waals surface area contributed by atoms with E-state index in [4.69, 9.17) is 4.42 Å². The van der Waals surface area contributed by atoms with Crippen molar-refractivity contribution < 1.29 is 4.42 Å². The second kappa shape index (κ2) is 12.7. The molecule has 1 aromatic heterocycles. The van der Waals surface area contributed by atoms with Gasteiger partial charge in [0.05, 0.1) is 0 Å². The van der Waals surface area contributed by atoms with Gasteiger partial charge in [-0.2, -0.15) is 0 Å². The van der Waals surface area contributed by atoms with Gasteiger partial charge in [-0.05, 0) is 124 Å². The number of benzene rings is 10. The summed E-state index contributed by atoms with van der Waals surface area (Å²) >= 11 is 0. The summed E-state index contributed by atoms with van der Waals surface area (Å²) in [5.41, 5.74) is 13.9. The zero-order valence-electron chi connectivity index (χ0n) is 30.0. The number of para-hydroxylation sites is 1. The summed E-state index contributed by atoms with van der Waals surface area (Å²) in [6.45, 7) is 0. The highest BCUT2D eigenvalue weighted by Crippen LogP contribution is 2.48. The lowest BCUT2D eigenvalue weighted by molar-refractivity contribution is 0.669. The lowest BCUT2D eigenvalue weighted by Crippen LogP contribution is -1.93. The largest absolute Gasteiger partial charge is 0.456 e. The monoisotopic (exact) mass is 698 g/mol. The fourth-order valence-electron chi connectivity index (χ4n) is 8.65. The summed E-state index contributed by atoms with van der Waals surface area (Å²) in [5.74, 6) is 0. The number of fused-ring (bicyclic) bond motifs is 6. The van der Waals surface area contributed by atoms with E-state index in [0.717, 1.165) is 21.9 Å². The number of furan rings is 1. The van der Waals surface area contributed by atoms with Gasteiger partial charge in [0.15, 0.2) is 0 Å². The van der Waals surface area contributed by atoms with Crippen molar-refractivity contribution in [1.29, 1.82) is 0 Å². The minimum absolute atomic E-state index is 0.907. The topological polar surface area (TPSA) is 13.1 Å². The molecule has 0 aliphatic rings. The molecule has 256 valence electrons. The van der Waals surface area contributed by atoms with Crippen LogP contribution in [0, 0.1) is 0 Å². The van der Waals surface area contributed by atoms with Crippen LogP contribution in [-0.4, -0.2) is 0 Å². The van der Waals surface area contributed by atoms with Crippen LogP contribution in [0.5, 0.6) is 0 Å². The van der Waals surface area contributed by atoms with Gasteiger partial charge in [-0.15, -0.1) is 0 Å². The zero-order chi connectivity index (χ0) is 36.3. The van der Waals surface area contributed by atoms with Crippen molar-refractivity contribution in [3.63, 3.8) is 0 Å². The molecule has 0 N–H and O–H groups in total. The average Bonchev–Trinajstić information content (AvgIpc) is 3.64. The first-order valence-corrected chi connectivity index (χ1v) is 18.9. The quantitative estimate of drug-likeness (QED) is 0.163. The first-order valence-electron chi connectivity index (χ1n) is 18.9. The first-order chi connectivity index (χ1) is 27.3. The minimum Gasteiger partial charge on any atom is -0.456 e. The predicted molar refractivity (Wildman–Crippen MR) is 233 cm³/mol. The predicted octanol–water partition coefficient (Wildman–Crippen LogP) is 15.4. The van der Waals surface area contributed by atoms with Crippen LogP contribution < -0.4 is 0 Å². The van der Waals surface area contributed by atoms with E-state index in [1.807, 2.05) is 12.1 Å².